The molecule has 4 rings (SSSR count). The number of hydrogen-bond donors (Lipinski definition) is 3. The van der Waals surface area contributed by atoms with E-state index in [0.29, 0.717) is 50.7 Å². The highest BCUT2D eigenvalue weighted by Gasteiger charge is 2.50. The summed E-state index contributed by atoms with van der Waals surface area (Å²) in [6.07, 6.45) is 3.08. The van der Waals surface area contributed by atoms with Gasteiger partial charge in [-0.15, -0.1) is 0 Å². The number of carboxylic acid groups (broad SMARTS) is 2. The average molecular weight is 548 g/mol. The first-order valence-corrected chi connectivity index (χ1v) is 13.1. The van der Waals surface area contributed by atoms with Gasteiger partial charge < -0.3 is 20.8 Å². The summed E-state index contributed by atoms with van der Waals surface area (Å²) in [6.45, 7) is 1.29. The van der Waals surface area contributed by atoms with E-state index in [0.717, 1.165) is 12.5 Å². The van der Waals surface area contributed by atoms with Gasteiger partial charge in [0.2, 0.25) is 15.9 Å². The van der Waals surface area contributed by atoms with Crippen LogP contribution in [0.4, 0.5) is 13.2 Å². The zero-order chi connectivity index (χ0) is 27.5. The lowest BCUT2D eigenvalue weighted by Gasteiger charge is -2.26. The van der Waals surface area contributed by atoms with Crippen molar-refractivity contribution in [2.45, 2.75) is 49.4 Å². The Balaban J connectivity index is 0.000000414. The van der Waals surface area contributed by atoms with E-state index in [1.165, 1.54) is 4.31 Å². The van der Waals surface area contributed by atoms with Gasteiger partial charge in [-0.25, -0.2) is 31.2 Å². The average Bonchev–Trinajstić information content (AvgIpc) is 3.46. The molecule has 0 bridgehead atoms. The summed E-state index contributed by atoms with van der Waals surface area (Å²) in [5.41, 5.74) is 5.90. The number of carboxylic acids is 2. The van der Waals surface area contributed by atoms with E-state index in [1.54, 1.807) is 4.90 Å². The molecule has 3 aliphatic rings. The Kier molecular flexibility index (Phi) is 8.97. The standard InChI is InChI=1S/C19H24F3N3O3S.C4H4O4/c20-15-8-17(22)16(21)6-12(15)5-13(23)7-19(26)25-4-3-11-9-24(10-18(11)25)29(27,28)14-1-2-14;5-3(6)1-2-4(7)8/h6,8,11,13-14,18H,1-5,7,9-10,23H2;1-2H,(H,5,6)(H,7,8)/b;2-1+/t11-,13+,18+;/m0./s1. The van der Waals surface area contributed by atoms with Gasteiger partial charge in [0.05, 0.1) is 5.25 Å². The molecule has 10 nitrogen and oxygen atoms in total. The molecule has 37 heavy (non-hydrogen) atoms. The summed E-state index contributed by atoms with van der Waals surface area (Å²) in [7, 11) is -3.27. The van der Waals surface area contributed by atoms with E-state index in [9.17, 15) is 36.0 Å². The van der Waals surface area contributed by atoms with Crippen molar-refractivity contribution in [1.82, 2.24) is 9.21 Å². The van der Waals surface area contributed by atoms with Crippen LogP contribution in [0.5, 0.6) is 0 Å². The van der Waals surface area contributed by atoms with Crippen LogP contribution >= 0.6 is 0 Å². The molecule has 0 unspecified atom stereocenters. The lowest BCUT2D eigenvalue weighted by Crippen LogP contribution is -2.43. The number of halogens is 3. The predicted octanol–water partition coefficient (Wildman–Crippen LogP) is 1.10. The lowest BCUT2D eigenvalue weighted by atomic mass is 10.0. The third-order valence-electron chi connectivity index (χ3n) is 6.52. The third-order valence-corrected chi connectivity index (χ3v) is 8.85. The molecule has 1 aromatic carbocycles. The highest BCUT2D eigenvalue weighted by Crippen LogP contribution is 2.38. The number of rotatable bonds is 8. The van der Waals surface area contributed by atoms with E-state index in [-0.39, 0.29) is 41.5 Å². The van der Waals surface area contributed by atoms with Gasteiger partial charge in [0, 0.05) is 56.4 Å². The van der Waals surface area contributed by atoms with Crippen LogP contribution < -0.4 is 5.73 Å². The molecule has 14 heteroatoms. The first kappa shape index (κ1) is 28.6. The molecule has 1 amide bonds. The fourth-order valence-electron chi connectivity index (χ4n) is 4.58. The Hall–Kier alpha value is -2.97. The quantitative estimate of drug-likeness (QED) is 0.322. The van der Waals surface area contributed by atoms with Gasteiger partial charge in [0.15, 0.2) is 11.6 Å². The van der Waals surface area contributed by atoms with Crippen LogP contribution in [0.2, 0.25) is 0 Å². The summed E-state index contributed by atoms with van der Waals surface area (Å²) in [5.74, 6) is -5.95. The molecule has 1 saturated carbocycles. The Labute approximate surface area is 211 Å². The topological polar surface area (TPSA) is 158 Å². The molecule has 3 atom stereocenters. The number of nitrogens with zero attached hydrogens (tertiary/aromatic N) is 2. The fourth-order valence-corrected chi connectivity index (χ4v) is 6.49. The predicted molar refractivity (Wildman–Crippen MR) is 124 cm³/mol. The number of aliphatic carboxylic acids is 2. The first-order valence-electron chi connectivity index (χ1n) is 11.6. The van der Waals surface area contributed by atoms with Gasteiger partial charge in [0.25, 0.3) is 0 Å². The zero-order valence-electron chi connectivity index (χ0n) is 19.7. The number of nitrogens with two attached hydrogens (primary N) is 1. The molecule has 3 fully saturated rings. The molecule has 2 aliphatic heterocycles. The van der Waals surface area contributed by atoms with Crippen molar-refractivity contribution in [1.29, 1.82) is 0 Å². The van der Waals surface area contributed by atoms with Crippen molar-refractivity contribution in [3.05, 3.63) is 47.3 Å². The van der Waals surface area contributed by atoms with E-state index in [4.69, 9.17) is 15.9 Å². The van der Waals surface area contributed by atoms with Gasteiger partial charge in [-0.3, -0.25) is 4.79 Å². The molecule has 0 aromatic heterocycles. The molecule has 0 radical (unpaired) electrons. The van der Waals surface area contributed by atoms with Gasteiger partial charge in [-0.2, -0.15) is 4.31 Å². The second-order valence-corrected chi connectivity index (χ2v) is 11.5. The van der Waals surface area contributed by atoms with Crippen LogP contribution in [0.3, 0.4) is 0 Å². The molecule has 1 aliphatic carbocycles. The number of carbonyl (C=O) groups is 3. The van der Waals surface area contributed by atoms with Gasteiger partial charge >= 0.3 is 11.9 Å². The molecular formula is C23H28F3N3O7S. The summed E-state index contributed by atoms with van der Waals surface area (Å²) in [4.78, 5) is 33.5. The summed E-state index contributed by atoms with van der Waals surface area (Å²) in [5, 5.41) is 15.4. The molecule has 4 N–H and O–H groups in total. The molecule has 0 spiro atoms. The highest BCUT2D eigenvalue weighted by atomic mass is 32.2. The van der Waals surface area contributed by atoms with Crippen LogP contribution in [-0.2, 0) is 30.8 Å². The van der Waals surface area contributed by atoms with Gasteiger partial charge in [0.1, 0.15) is 5.82 Å². The van der Waals surface area contributed by atoms with Crippen molar-refractivity contribution in [2.24, 2.45) is 11.7 Å². The van der Waals surface area contributed by atoms with Crippen LogP contribution in [0, 0.1) is 23.4 Å². The van der Waals surface area contributed by atoms with Crippen molar-refractivity contribution in [3.63, 3.8) is 0 Å². The Morgan fingerprint density at radius 1 is 1.00 bits per heavy atom. The second kappa shape index (κ2) is 11.6. The number of likely N-dealkylation sites (tertiary alicyclic amines) is 1. The number of hydrogen-bond acceptors (Lipinski definition) is 6. The summed E-state index contributed by atoms with van der Waals surface area (Å²) >= 11 is 0. The van der Waals surface area contributed by atoms with Crippen LogP contribution in [0.15, 0.2) is 24.3 Å². The van der Waals surface area contributed by atoms with Crippen molar-refractivity contribution in [3.8, 4) is 0 Å². The Morgan fingerprint density at radius 3 is 2.16 bits per heavy atom. The van der Waals surface area contributed by atoms with Gasteiger partial charge in [-0.05, 0) is 43.2 Å². The Morgan fingerprint density at radius 2 is 1.59 bits per heavy atom. The number of benzene rings is 1. The molecule has 1 aromatic rings. The largest absolute Gasteiger partial charge is 0.478 e. The first-order chi connectivity index (χ1) is 17.3. The number of fused-ring (bicyclic) bond motifs is 1. The van der Waals surface area contributed by atoms with Crippen molar-refractivity contribution < 1.29 is 46.2 Å². The number of amides is 1. The number of carbonyl (C=O) groups excluding carboxylic acids is 1. The maximum absolute atomic E-state index is 13.8. The minimum absolute atomic E-state index is 0.0724. The lowest BCUT2D eigenvalue weighted by molar-refractivity contribution is -0.134. The smallest absolute Gasteiger partial charge is 0.328 e. The molecular weight excluding hydrogens is 519 g/mol. The Bertz CT molecular complexity index is 1170. The highest BCUT2D eigenvalue weighted by molar-refractivity contribution is 7.90. The van der Waals surface area contributed by atoms with Crippen LogP contribution in [0.1, 0.15) is 31.2 Å². The van der Waals surface area contributed by atoms with E-state index >= 15 is 0 Å². The van der Waals surface area contributed by atoms with Crippen molar-refractivity contribution >= 4 is 27.9 Å². The minimum Gasteiger partial charge on any atom is -0.478 e. The second-order valence-electron chi connectivity index (χ2n) is 9.30. The van der Waals surface area contributed by atoms with Gasteiger partial charge in [-0.1, -0.05) is 0 Å². The molecule has 2 heterocycles. The summed E-state index contributed by atoms with van der Waals surface area (Å²) in [6, 6.07) is 0.313. The summed E-state index contributed by atoms with van der Waals surface area (Å²) < 4.78 is 66.7. The number of sulfonamides is 1. The molecule has 204 valence electrons. The fraction of sp³-hybridized carbons (Fsp3) is 0.522. The van der Waals surface area contributed by atoms with Crippen molar-refractivity contribution in [2.75, 3.05) is 19.6 Å². The maximum Gasteiger partial charge on any atom is 0.328 e. The van der Waals surface area contributed by atoms with E-state index in [1.807, 2.05) is 0 Å². The van der Waals surface area contributed by atoms with Crippen LogP contribution in [0.25, 0.3) is 0 Å². The maximum atomic E-state index is 13.8. The monoisotopic (exact) mass is 547 g/mol. The zero-order valence-corrected chi connectivity index (χ0v) is 20.5. The normalized spacial score (nSPS) is 22.4. The molecule has 2 saturated heterocycles. The van der Waals surface area contributed by atoms with Crippen LogP contribution in [-0.4, -0.2) is 82.6 Å². The van der Waals surface area contributed by atoms with E-state index < -0.39 is 45.5 Å². The minimum atomic E-state index is -3.27. The SMILES string of the molecule is N[C@@H](CC(=O)N1CC[C@H]2CN(S(=O)(=O)C3CC3)C[C@H]21)Cc1cc(F)c(F)cc1F.O=C(O)/C=C/C(=O)O. The third kappa shape index (κ3) is 7.29. The van der Waals surface area contributed by atoms with E-state index in [2.05, 4.69) is 0 Å².